The summed E-state index contributed by atoms with van der Waals surface area (Å²) in [5, 5.41) is 0. The van der Waals surface area contributed by atoms with Crippen molar-refractivity contribution in [3.63, 3.8) is 0 Å². The third kappa shape index (κ3) is 5.40. The minimum absolute atomic E-state index is 0.137. The second kappa shape index (κ2) is 10.1. The van der Waals surface area contributed by atoms with E-state index in [1.54, 1.807) is 18.2 Å². The van der Waals surface area contributed by atoms with Crippen molar-refractivity contribution in [2.45, 2.75) is 24.7 Å². The number of carbonyl (C=O) groups excluding carboxylic acids is 1. The fourth-order valence-electron chi connectivity index (χ4n) is 4.50. The first-order chi connectivity index (χ1) is 15.8. The molecular weight excluding hydrogens is 511 g/mol. The van der Waals surface area contributed by atoms with Crippen LogP contribution < -0.4 is 14.5 Å². The van der Waals surface area contributed by atoms with E-state index in [4.69, 9.17) is 0 Å². The fraction of sp³-hybridized carbons (Fsp3) is 0.435. The van der Waals surface area contributed by atoms with Crippen molar-refractivity contribution in [2.75, 3.05) is 55.6 Å². The largest absolute Gasteiger partial charge is 0.367 e. The van der Waals surface area contributed by atoms with E-state index in [-0.39, 0.29) is 16.6 Å². The summed E-state index contributed by atoms with van der Waals surface area (Å²) >= 11 is 3.40. The molecule has 1 fully saturated rings. The molecule has 0 radical (unpaired) electrons. The van der Waals surface area contributed by atoms with Crippen molar-refractivity contribution in [3.05, 3.63) is 52.3 Å². The molecule has 2 aromatic carbocycles. The molecule has 0 aliphatic carbocycles. The number of nitrogens with one attached hydrogen (secondary N) is 1. The Morgan fingerprint density at radius 1 is 1.12 bits per heavy atom. The fourth-order valence-corrected chi connectivity index (χ4v) is 6.50. The molecule has 2 aromatic rings. The van der Waals surface area contributed by atoms with Gasteiger partial charge in [-0.1, -0.05) is 28.1 Å². The molecule has 1 N–H and O–H groups in total. The van der Waals surface area contributed by atoms with Gasteiger partial charge in [0, 0.05) is 50.7 Å². The quantitative estimate of drug-likeness (QED) is 0.548. The second-order valence-electron chi connectivity index (χ2n) is 8.36. The van der Waals surface area contributed by atoms with Crippen LogP contribution in [0, 0.1) is 5.82 Å². The average molecular weight is 539 g/mol. The van der Waals surface area contributed by atoms with Gasteiger partial charge in [0.1, 0.15) is 10.7 Å². The summed E-state index contributed by atoms with van der Waals surface area (Å²) in [5.41, 5.74) is 1.97. The third-order valence-corrected chi connectivity index (χ3v) is 8.10. The Bertz CT molecular complexity index is 1140. The highest BCUT2D eigenvalue weighted by Crippen LogP contribution is 2.37. The summed E-state index contributed by atoms with van der Waals surface area (Å²) in [4.78, 5) is 18.0. The Morgan fingerprint density at radius 2 is 1.85 bits per heavy atom. The minimum atomic E-state index is -3.77. The number of nitrogens with zero attached hydrogens (tertiary/aromatic N) is 3. The Morgan fingerprint density at radius 3 is 2.55 bits per heavy atom. The van der Waals surface area contributed by atoms with E-state index in [1.807, 2.05) is 17.0 Å². The standard InChI is InChI=1S/C23H28BrFN4O3S/c1-17(30)29-10-7-18-15-19(24)16-22(23(18)29)33(31,32)26-8-4-9-27-11-13-28(14-12-27)21-6-3-2-5-20(21)25/h2-3,5-6,15-16,26H,4,7-14H2,1H3. The van der Waals surface area contributed by atoms with Crippen molar-refractivity contribution >= 4 is 43.2 Å². The molecule has 1 saturated heterocycles. The number of hydrogen-bond donors (Lipinski definition) is 1. The van der Waals surface area contributed by atoms with E-state index in [0.29, 0.717) is 41.8 Å². The lowest BCUT2D eigenvalue weighted by atomic mass is 10.2. The monoisotopic (exact) mass is 538 g/mol. The average Bonchev–Trinajstić information content (AvgIpc) is 3.21. The number of anilines is 2. The summed E-state index contributed by atoms with van der Waals surface area (Å²) in [6, 6.07) is 10.2. The van der Waals surface area contributed by atoms with E-state index in [1.165, 1.54) is 17.9 Å². The van der Waals surface area contributed by atoms with Crippen LogP contribution in [0.1, 0.15) is 18.9 Å². The molecule has 2 aliphatic heterocycles. The smallest absolute Gasteiger partial charge is 0.242 e. The van der Waals surface area contributed by atoms with Gasteiger partial charge in [-0.2, -0.15) is 0 Å². The molecule has 33 heavy (non-hydrogen) atoms. The first kappa shape index (κ1) is 24.1. The molecule has 4 rings (SSSR count). The summed E-state index contributed by atoms with van der Waals surface area (Å²) in [5.74, 6) is -0.371. The second-order valence-corrected chi connectivity index (χ2v) is 11.0. The SMILES string of the molecule is CC(=O)N1CCc2cc(Br)cc(S(=O)(=O)NCCCN3CCN(c4ccccc4F)CC3)c21. The van der Waals surface area contributed by atoms with E-state index in [0.717, 1.165) is 38.3 Å². The molecular formula is C23H28BrFN4O3S. The predicted octanol–water partition coefficient (Wildman–Crippen LogP) is 2.99. The van der Waals surface area contributed by atoms with Crippen LogP contribution in [-0.2, 0) is 21.2 Å². The zero-order chi connectivity index (χ0) is 23.6. The van der Waals surface area contributed by atoms with Gasteiger partial charge in [-0.15, -0.1) is 0 Å². The third-order valence-electron chi connectivity index (χ3n) is 6.17. The first-order valence-electron chi connectivity index (χ1n) is 11.1. The number of rotatable bonds is 7. The Kier molecular flexibility index (Phi) is 7.37. The zero-order valence-electron chi connectivity index (χ0n) is 18.6. The molecule has 2 aliphatic rings. The predicted molar refractivity (Wildman–Crippen MR) is 131 cm³/mol. The van der Waals surface area contributed by atoms with E-state index < -0.39 is 10.0 Å². The number of piperazine rings is 1. The van der Waals surface area contributed by atoms with Crippen molar-refractivity contribution < 1.29 is 17.6 Å². The number of halogens is 2. The molecule has 0 spiro atoms. The van der Waals surface area contributed by atoms with E-state index >= 15 is 0 Å². The molecule has 0 atom stereocenters. The Hall–Kier alpha value is -2.01. The van der Waals surface area contributed by atoms with Crippen molar-refractivity contribution in [2.24, 2.45) is 0 Å². The van der Waals surface area contributed by atoms with Crippen LogP contribution in [-0.4, -0.2) is 65.0 Å². The highest BCUT2D eigenvalue weighted by atomic mass is 79.9. The molecule has 10 heteroatoms. The van der Waals surface area contributed by atoms with Crippen LogP contribution in [0.25, 0.3) is 0 Å². The van der Waals surface area contributed by atoms with Crippen LogP contribution in [0.5, 0.6) is 0 Å². The molecule has 178 valence electrons. The molecule has 0 unspecified atom stereocenters. The number of amides is 1. The van der Waals surface area contributed by atoms with Gasteiger partial charge in [0.2, 0.25) is 15.9 Å². The normalized spacial score (nSPS) is 16.8. The van der Waals surface area contributed by atoms with Gasteiger partial charge < -0.3 is 9.80 Å². The maximum atomic E-state index is 14.0. The summed E-state index contributed by atoms with van der Waals surface area (Å²) in [7, 11) is -3.77. The van der Waals surface area contributed by atoms with Crippen molar-refractivity contribution in [1.29, 1.82) is 0 Å². The number of benzene rings is 2. The Labute approximate surface area is 202 Å². The molecule has 1 amide bonds. The molecule has 0 saturated carbocycles. The lowest BCUT2D eigenvalue weighted by Gasteiger charge is -2.36. The maximum Gasteiger partial charge on any atom is 0.242 e. The van der Waals surface area contributed by atoms with Crippen LogP contribution in [0.4, 0.5) is 15.8 Å². The topological polar surface area (TPSA) is 73.0 Å². The maximum absolute atomic E-state index is 14.0. The number of para-hydroxylation sites is 1. The molecule has 0 bridgehead atoms. The van der Waals surface area contributed by atoms with Crippen LogP contribution >= 0.6 is 15.9 Å². The number of carbonyl (C=O) groups is 1. The Balaban J connectivity index is 1.31. The van der Waals surface area contributed by atoms with E-state index in [9.17, 15) is 17.6 Å². The van der Waals surface area contributed by atoms with Crippen LogP contribution in [0.15, 0.2) is 45.8 Å². The number of fused-ring (bicyclic) bond motifs is 1. The zero-order valence-corrected chi connectivity index (χ0v) is 21.0. The highest BCUT2D eigenvalue weighted by molar-refractivity contribution is 9.10. The van der Waals surface area contributed by atoms with Gasteiger partial charge in [0.05, 0.1) is 11.4 Å². The van der Waals surface area contributed by atoms with Gasteiger partial charge in [0.15, 0.2) is 0 Å². The molecule has 7 nitrogen and oxygen atoms in total. The van der Waals surface area contributed by atoms with Crippen LogP contribution in [0.3, 0.4) is 0 Å². The summed E-state index contributed by atoms with van der Waals surface area (Å²) in [6.45, 7) is 6.06. The van der Waals surface area contributed by atoms with Crippen molar-refractivity contribution in [3.8, 4) is 0 Å². The minimum Gasteiger partial charge on any atom is -0.367 e. The van der Waals surface area contributed by atoms with Gasteiger partial charge >= 0.3 is 0 Å². The molecule has 2 heterocycles. The van der Waals surface area contributed by atoms with Crippen molar-refractivity contribution in [1.82, 2.24) is 9.62 Å². The lowest BCUT2D eigenvalue weighted by molar-refractivity contribution is -0.116. The van der Waals surface area contributed by atoms with Gasteiger partial charge in [-0.25, -0.2) is 17.5 Å². The highest BCUT2D eigenvalue weighted by Gasteiger charge is 2.31. The number of sulfonamides is 1. The van der Waals surface area contributed by atoms with Crippen LogP contribution in [0.2, 0.25) is 0 Å². The lowest BCUT2D eigenvalue weighted by Crippen LogP contribution is -2.47. The van der Waals surface area contributed by atoms with Gasteiger partial charge in [-0.05, 0) is 49.2 Å². The van der Waals surface area contributed by atoms with Gasteiger partial charge in [0.25, 0.3) is 0 Å². The van der Waals surface area contributed by atoms with Gasteiger partial charge in [-0.3, -0.25) is 9.69 Å². The summed E-state index contributed by atoms with van der Waals surface area (Å²) in [6.07, 6.45) is 1.29. The summed E-state index contributed by atoms with van der Waals surface area (Å²) < 4.78 is 43.5. The number of hydrogen-bond acceptors (Lipinski definition) is 5. The van der Waals surface area contributed by atoms with E-state index in [2.05, 4.69) is 25.6 Å². The first-order valence-corrected chi connectivity index (χ1v) is 13.4. The molecule has 0 aromatic heterocycles.